The second-order valence-electron chi connectivity index (χ2n) is 4.51. The largest absolute Gasteiger partial charge is 0.465 e. The number of esters is 1. The highest BCUT2D eigenvalue weighted by atomic mass is 32.2. The number of benzene rings is 1. The number of hydrogen-bond donors (Lipinski definition) is 1. The smallest absolute Gasteiger partial charge is 0.321 e. The topological polar surface area (TPSA) is 102 Å². The Morgan fingerprint density at radius 3 is 2.71 bits per heavy atom. The van der Waals surface area contributed by atoms with Crippen molar-refractivity contribution in [2.45, 2.75) is 6.92 Å². The maximum Gasteiger partial charge on any atom is 0.321 e. The minimum absolute atomic E-state index is 0.0317. The van der Waals surface area contributed by atoms with Crippen LogP contribution >= 0.6 is 24.0 Å². The van der Waals surface area contributed by atoms with E-state index in [1.54, 1.807) is 13.0 Å². The number of nitrogens with zero attached hydrogens (tertiary/aromatic N) is 2. The predicted molar refractivity (Wildman–Crippen MR) is 92.7 cm³/mol. The van der Waals surface area contributed by atoms with Crippen LogP contribution in [-0.2, 0) is 14.3 Å². The second kappa shape index (κ2) is 7.99. The molecule has 0 spiro atoms. The summed E-state index contributed by atoms with van der Waals surface area (Å²) in [5.74, 6) is -0.890. The minimum Gasteiger partial charge on any atom is -0.465 e. The number of non-ortho nitro benzene ring substituents is 1. The molecule has 0 bridgehead atoms. The summed E-state index contributed by atoms with van der Waals surface area (Å²) in [4.78, 5) is 34.1. The van der Waals surface area contributed by atoms with Crippen molar-refractivity contribution in [3.8, 4) is 0 Å². The number of nitro groups is 1. The van der Waals surface area contributed by atoms with Gasteiger partial charge in [0.25, 0.3) is 11.6 Å². The van der Waals surface area contributed by atoms with Gasteiger partial charge in [-0.25, -0.2) is 10.4 Å². The van der Waals surface area contributed by atoms with Crippen molar-refractivity contribution >= 4 is 51.9 Å². The number of ether oxygens (including phenoxy) is 1. The average molecular weight is 367 g/mol. The molecule has 0 aromatic heterocycles. The Kier molecular flexibility index (Phi) is 6.01. The van der Waals surface area contributed by atoms with E-state index in [1.807, 2.05) is 0 Å². The van der Waals surface area contributed by atoms with Gasteiger partial charge < -0.3 is 4.74 Å². The van der Waals surface area contributed by atoms with Crippen molar-refractivity contribution in [1.82, 2.24) is 10.4 Å². The van der Waals surface area contributed by atoms with Crippen LogP contribution in [0.3, 0.4) is 0 Å². The third kappa shape index (κ3) is 4.37. The Morgan fingerprint density at radius 1 is 1.46 bits per heavy atom. The Morgan fingerprint density at radius 2 is 2.12 bits per heavy atom. The summed E-state index contributed by atoms with van der Waals surface area (Å²) in [5.41, 5.74) is 3.22. The SMILES string of the molecule is CCOC(=O)CNN1C(=O)/C(=C\c2ccc([N+](=O)[O-])cc2)SC1=S. The van der Waals surface area contributed by atoms with Crippen LogP contribution in [0.25, 0.3) is 6.08 Å². The summed E-state index contributed by atoms with van der Waals surface area (Å²) in [7, 11) is 0. The zero-order valence-electron chi connectivity index (χ0n) is 12.6. The van der Waals surface area contributed by atoms with E-state index in [9.17, 15) is 19.7 Å². The third-order valence-electron chi connectivity index (χ3n) is 2.88. The Balaban J connectivity index is 2.07. The molecule has 2 rings (SSSR count). The third-order valence-corrected chi connectivity index (χ3v) is 4.18. The van der Waals surface area contributed by atoms with Gasteiger partial charge >= 0.3 is 5.97 Å². The monoisotopic (exact) mass is 367 g/mol. The number of carbonyl (C=O) groups is 2. The Hall–Kier alpha value is -2.30. The van der Waals surface area contributed by atoms with E-state index in [-0.39, 0.29) is 23.2 Å². The van der Waals surface area contributed by atoms with Crippen LogP contribution in [0.2, 0.25) is 0 Å². The molecule has 1 aliphatic rings. The lowest BCUT2D eigenvalue weighted by atomic mass is 10.2. The van der Waals surface area contributed by atoms with Crippen molar-refractivity contribution in [1.29, 1.82) is 0 Å². The Labute approximate surface area is 147 Å². The van der Waals surface area contributed by atoms with Gasteiger partial charge in [-0.3, -0.25) is 19.7 Å². The number of amides is 1. The highest BCUT2D eigenvalue weighted by molar-refractivity contribution is 8.26. The molecule has 1 amide bonds. The number of nitro benzene ring substituents is 1. The van der Waals surface area contributed by atoms with E-state index in [0.29, 0.717) is 10.5 Å². The number of hydrogen-bond acceptors (Lipinski definition) is 8. The van der Waals surface area contributed by atoms with Gasteiger partial charge in [0.15, 0.2) is 4.32 Å². The number of thiocarbonyl (C=S) groups is 1. The predicted octanol–water partition coefficient (Wildman–Crippen LogP) is 1.86. The van der Waals surface area contributed by atoms with Gasteiger partial charge in [0.1, 0.15) is 6.54 Å². The van der Waals surface area contributed by atoms with E-state index < -0.39 is 16.8 Å². The van der Waals surface area contributed by atoms with Gasteiger partial charge in [-0.15, -0.1) is 0 Å². The average Bonchev–Trinajstić information content (AvgIpc) is 2.80. The molecule has 126 valence electrons. The van der Waals surface area contributed by atoms with Crippen molar-refractivity contribution in [3.63, 3.8) is 0 Å². The van der Waals surface area contributed by atoms with Gasteiger partial charge in [-0.05, 0) is 30.7 Å². The fourth-order valence-corrected chi connectivity index (χ4v) is 3.02. The maximum atomic E-state index is 12.3. The molecule has 1 heterocycles. The second-order valence-corrected chi connectivity index (χ2v) is 6.18. The zero-order chi connectivity index (χ0) is 17.7. The molecule has 1 N–H and O–H groups in total. The van der Waals surface area contributed by atoms with Crippen LogP contribution in [0.4, 0.5) is 5.69 Å². The molecule has 0 aliphatic carbocycles. The lowest BCUT2D eigenvalue weighted by Crippen LogP contribution is -2.44. The molecule has 1 aromatic carbocycles. The molecule has 0 atom stereocenters. The summed E-state index contributed by atoms with van der Waals surface area (Å²) in [6, 6.07) is 5.78. The van der Waals surface area contributed by atoms with E-state index in [4.69, 9.17) is 17.0 Å². The number of rotatable bonds is 6. The number of thioether (sulfide) groups is 1. The van der Waals surface area contributed by atoms with Crippen LogP contribution in [0, 0.1) is 10.1 Å². The summed E-state index contributed by atoms with van der Waals surface area (Å²) in [5, 5.41) is 11.7. The summed E-state index contributed by atoms with van der Waals surface area (Å²) >= 11 is 6.18. The molecule has 1 saturated heterocycles. The summed E-state index contributed by atoms with van der Waals surface area (Å²) in [6.07, 6.45) is 1.58. The van der Waals surface area contributed by atoms with E-state index in [1.165, 1.54) is 24.3 Å². The maximum absolute atomic E-state index is 12.3. The first kappa shape index (κ1) is 18.0. The van der Waals surface area contributed by atoms with Crippen LogP contribution in [0.1, 0.15) is 12.5 Å². The molecule has 0 radical (unpaired) electrons. The molecule has 0 unspecified atom stereocenters. The number of hydrazine groups is 1. The van der Waals surface area contributed by atoms with Crippen LogP contribution in [0.15, 0.2) is 29.2 Å². The van der Waals surface area contributed by atoms with Crippen LogP contribution < -0.4 is 5.43 Å². The van der Waals surface area contributed by atoms with Crippen LogP contribution in [-0.4, -0.2) is 39.3 Å². The Bertz CT molecular complexity index is 718. The quantitative estimate of drug-likeness (QED) is 0.267. The first-order valence-corrected chi connectivity index (χ1v) is 8.06. The molecule has 1 fully saturated rings. The van der Waals surface area contributed by atoms with E-state index in [2.05, 4.69) is 5.43 Å². The zero-order valence-corrected chi connectivity index (χ0v) is 14.2. The van der Waals surface area contributed by atoms with Gasteiger partial charge in [-0.1, -0.05) is 24.0 Å². The van der Waals surface area contributed by atoms with Gasteiger partial charge in [-0.2, -0.15) is 0 Å². The number of carbonyl (C=O) groups excluding carboxylic acids is 2. The van der Waals surface area contributed by atoms with Gasteiger partial charge in [0.2, 0.25) is 0 Å². The van der Waals surface area contributed by atoms with Crippen molar-refractivity contribution in [3.05, 3.63) is 44.8 Å². The lowest BCUT2D eigenvalue weighted by molar-refractivity contribution is -0.384. The fourth-order valence-electron chi connectivity index (χ4n) is 1.80. The highest BCUT2D eigenvalue weighted by Crippen LogP contribution is 2.31. The van der Waals surface area contributed by atoms with E-state index >= 15 is 0 Å². The van der Waals surface area contributed by atoms with E-state index in [0.717, 1.165) is 16.8 Å². The molecular formula is C14H13N3O5S2. The summed E-state index contributed by atoms with van der Waals surface area (Å²) < 4.78 is 5.03. The minimum atomic E-state index is -0.497. The number of nitrogens with one attached hydrogen (secondary N) is 1. The molecule has 1 aromatic rings. The first-order valence-electron chi connectivity index (χ1n) is 6.84. The van der Waals surface area contributed by atoms with Crippen molar-refractivity contribution in [2.75, 3.05) is 13.2 Å². The van der Waals surface area contributed by atoms with Crippen molar-refractivity contribution in [2.24, 2.45) is 0 Å². The molecule has 24 heavy (non-hydrogen) atoms. The highest BCUT2D eigenvalue weighted by Gasteiger charge is 2.32. The molecular weight excluding hydrogens is 354 g/mol. The molecule has 0 saturated carbocycles. The first-order chi connectivity index (χ1) is 11.4. The van der Waals surface area contributed by atoms with Crippen molar-refractivity contribution < 1.29 is 19.2 Å². The molecule has 10 heteroatoms. The lowest BCUT2D eigenvalue weighted by Gasteiger charge is -2.14. The standard InChI is InChI=1S/C14H13N3O5S2/c1-2-22-12(18)8-15-16-13(19)11(24-14(16)23)7-9-3-5-10(6-4-9)17(20)21/h3-7,15H,2,8H2,1H3/b11-7+. The van der Waals surface area contributed by atoms with Crippen LogP contribution in [0.5, 0.6) is 0 Å². The summed E-state index contributed by atoms with van der Waals surface area (Å²) in [6.45, 7) is 1.76. The molecule has 8 nitrogen and oxygen atoms in total. The fraction of sp³-hybridized carbons (Fsp3) is 0.214. The molecule has 1 aliphatic heterocycles. The van der Waals surface area contributed by atoms with Gasteiger partial charge in [0, 0.05) is 12.1 Å². The van der Waals surface area contributed by atoms with Gasteiger partial charge in [0.05, 0.1) is 16.4 Å². The normalized spacial score (nSPS) is 15.9.